The Bertz CT molecular complexity index is 583. The van der Waals surface area contributed by atoms with E-state index in [4.69, 9.17) is 16.3 Å². The number of carbonyl (C=O) groups excluding carboxylic acids is 2. The number of hydrogen-bond acceptors (Lipinski definition) is 4. The van der Waals surface area contributed by atoms with E-state index in [0.717, 1.165) is 44.2 Å². The molecule has 0 aliphatic heterocycles. The zero-order chi connectivity index (χ0) is 15.7. The normalized spacial score (nSPS) is 24.8. The summed E-state index contributed by atoms with van der Waals surface area (Å²) in [7, 11) is 1.38. The predicted molar refractivity (Wildman–Crippen MR) is 80.8 cm³/mol. The van der Waals surface area contributed by atoms with Crippen molar-refractivity contribution in [3.05, 3.63) is 16.4 Å². The quantitative estimate of drug-likeness (QED) is 0.833. The van der Waals surface area contributed by atoms with Gasteiger partial charge >= 0.3 is 5.97 Å². The van der Waals surface area contributed by atoms with Crippen LogP contribution in [0.15, 0.2) is 0 Å². The number of esters is 1. The van der Waals surface area contributed by atoms with Gasteiger partial charge in [0.15, 0.2) is 5.69 Å². The smallest absolute Gasteiger partial charge is 0.310 e. The molecule has 2 N–H and O–H groups in total. The highest BCUT2D eigenvalue weighted by Crippen LogP contribution is 2.42. The number of methoxy groups -OCH3 is 1. The molecule has 1 heterocycles. The van der Waals surface area contributed by atoms with Crippen molar-refractivity contribution in [2.45, 2.75) is 50.5 Å². The number of H-pyrrole nitrogens is 1. The van der Waals surface area contributed by atoms with Gasteiger partial charge in [-0.1, -0.05) is 24.4 Å². The first-order valence-corrected chi connectivity index (χ1v) is 8.12. The maximum absolute atomic E-state index is 12.4. The van der Waals surface area contributed by atoms with E-state index >= 15 is 0 Å². The van der Waals surface area contributed by atoms with Gasteiger partial charge in [0.05, 0.1) is 23.7 Å². The number of hydrogen-bond donors (Lipinski definition) is 2. The van der Waals surface area contributed by atoms with Gasteiger partial charge in [-0.3, -0.25) is 14.7 Å². The van der Waals surface area contributed by atoms with Crippen molar-refractivity contribution < 1.29 is 14.3 Å². The van der Waals surface area contributed by atoms with E-state index in [2.05, 4.69) is 15.5 Å². The molecule has 0 saturated heterocycles. The lowest BCUT2D eigenvalue weighted by Crippen LogP contribution is -2.45. The lowest BCUT2D eigenvalue weighted by molar-refractivity contribution is -0.147. The van der Waals surface area contributed by atoms with Crippen LogP contribution in [0.1, 0.15) is 60.6 Å². The number of nitrogens with zero attached hydrogens (tertiary/aromatic N) is 1. The Kier molecular flexibility index (Phi) is 4.38. The second-order valence-electron chi connectivity index (χ2n) is 6.07. The Morgan fingerprint density at radius 1 is 1.27 bits per heavy atom. The largest absolute Gasteiger partial charge is 0.469 e. The van der Waals surface area contributed by atoms with Gasteiger partial charge in [-0.2, -0.15) is 5.10 Å². The highest BCUT2D eigenvalue weighted by atomic mass is 35.5. The van der Waals surface area contributed by atoms with Crippen LogP contribution in [0, 0.1) is 5.92 Å². The van der Waals surface area contributed by atoms with Gasteiger partial charge in [0.2, 0.25) is 0 Å². The molecule has 7 heteroatoms. The highest BCUT2D eigenvalue weighted by Gasteiger charge is 2.35. The average Bonchev–Trinajstić information content (AvgIpc) is 3.29. The second-order valence-corrected chi connectivity index (χ2v) is 6.45. The number of nitrogens with one attached hydrogen (secondary N) is 2. The zero-order valence-corrected chi connectivity index (χ0v) is 13.3. The van der Waals surface area contributed by atoms with Crippen LogP contribution in [-0.4, -0.2) is 35.2 Å². The Hall–Kier alpha value is -1.56. The molecule has 2 aliphatic carbocycles. The van der Waals surface area contributed by atoms with Crippen molar-refractivity contribution in [2.24, 2.45) is 5.92 Å². The Labute approximate surface area is 133 Å². The summed E-state index contributed by atoms with van der Waals surface area (Å²) in [5, 5.41) is 10.2. The van der Waals surface area contributed by atoms with Crippen molar-refractivity contribution in [3.8, 4) is 0 Å². The molecule has 2 saturated carbocycles. The number of aromatic nitrogens is 2. The topological polar surface area (TPSA) is 84.1 Å². The van der Waals surface area contributed by atoms with Gasteiger partial charge < -0.3 is 10.1 Å². The lowest BCUT2D eigenvalue weighted by atomic mass is 9.84. The van der Waals surface area contributed by atoms with Crippen molar-refractivity contribution >= 4 is 23.5 Å². The minimum Gasteiger partial charge on any atom is -0.469 e. The standard InChI is InChI=1S/C15H20ClN3O3/c1-22-15(21)9-4-2-3-5-10(9)17-14(20)13-11(16)12(18-19-13)8-6-7-8/h8-10H,2-7H2,1H3,(H,17,20)(H,18,19)/t9-,10-/m1/s1. The fourth-order valence-electron chi connectivity index (χ4n) is 3.11. The molecule has 22 heavy (non-hydrogen) atoms. The monoisotopic (exact) mass is 325 g/mol. The van der Waals surface area contributed by atoms with Crippen molar-refractivity contribution in [1.82, 2.24) is 15.5 Å². The number of aromatic amines is 1. The zero-order valence-electron chi connectivity index (χ0n) is 12.5. The molecule has 1 aromatic heterocycles. The number of carbonyl (C=O) groups is 2. The van der Waals surface area contributed by atoms with Crippen LogP contribution in [0.5, 0.6) is 0 Å². The maximum atomic E-state index is 12.4. The van der Waals surface area contributed by atoms with E-state index in [-0.39, 0.29) is 29.5 Å². The lowest BCUT2D eigenvalue weighted by Gasteiger charge is -2.29. The fraction of sp³-hybridized carbons (Fsp3) is 0.667. The van der Waals surface area contributed by atoms with Gasteiger partial charge in [-0.15, -0.1) is 0 Å². The molecule has 1 amide bonds. The molecule has 6 nitrogen and oxygen atoms in total. The average molecular weight is 326 g/mol. The summed E-state index contributed by atoms with van der Waals surface area (Å²) in [5.41, 5.74) is 1.07. The molecule has 2 aliphatic rings. The van der Waals surface area contributed by atoms with Crippen LogP contribution >= 0.6 is 11.6 Å². The van der Waals surface area contributed by atoms with E-state index in [1.54, 1.807) is 0 Å². The molecule has 2 fully saturated rings. The van der Waals surface area contributed by atoms with E-state index in [1.165, 1.54) is 7.11 Å². The summed E-state index contributed by atoms with van der Waals surface area (Å²) < 4.78 is 4.84. The summed E-state index contributed by atoms with van der Waals surface area (Å²) in [5.74, 6) is -0.479. The summed E-state index contributed by atoms with van der Waals surface area (Å²) in [6, 6.07) is -0.217. The van der Waals surface area contributed by atoms with Crippen LogP contribution in [0.4, 0.5) is 0 Å². The van der Waals surface area contributed by atoms with Crippen molar-refractivity contribution in [3.63, 3.8) is 0 Å². The second kappa shape index (κ2) is 6.28. The SMILES string of the molecule is COC(=O)[C@@H]1CCCC[C@H]1NC(=O)c1n[nH]c(C2CC2)c1Cl. The molecule has 0 spiro atoms. The minimum absolute atomic E-state index is 0.217. The number of ether oxygens (including phenoxy) is 1. The summed E-state index contributed by atoms with van der Waals surface area (Å²) >= 11 is 6.25. The minimum atomic E-state index is -0.325. The van der Waals surface area contributed by atoms with E-state index in [9.17, 15) is 9.59 Å². The number of halogens is 1. The Morgan fingerprint density at radius 3 is 2.68 bits per heavy atom. The van der Waals surface area contributed by atoms with Gasteiger partial charge in [-0.25, -0.2) is 0 Å². The van der Waals surface area contributed by atoms with Crippen molar-refractivity contribution in [2.75, 3.05) is 7.11 Å². The highest BCUT2D eigenvalue weighted by molar-refractivity contribution is 6.34. The molecule has 0 bridgehead atoms. The summed E-state index contributed by atoms with van der Waals surface area (Å²) in [6.07, 6.45) is 5.62. The molecule has 0 unspecified atom stereocenters. The predicted octanol–water partition coefficient (Wildman–Crippen LogP) is 2.40. The third-order valence-corrected chi connectivity index (χ3v) is 4.90. The molecule has 0 radical (unpaired) electrons. The molecule has 3 rings (SSSR count). The first kappa shape index (κ1) is 15.3. The van der Waals surface area contributed by atoms with Gasteiger partial charge in [0.1, 0.15) is 0 Å². The molecular weight excluding hydrogens is 306 g/mol. The van der Waals surface area contributed by atoms with Crippen LogP contribution in [0.25, 0.3) is 0 Å². The maximum Gasteiger partial charge on any atom is 0.310 e. The van der Waals surface area contributed by atoms with Gasteiger partial charge in [-0.05, 0) is 25.7 Å². The van der Waals surface area contributed by atoms with Crippen LogP contribution in [-0.2, 0) is 9.53 Å². The molecule has 0 aromatic carbocycles. The third kappa shape index (κ3) is 2.97. The Balaban J connectivity index is 1.71. The van der Waals surface area contributed by atoms with E-state index in [1.807, 2.05) is 0 Å². The molecular formula is C15H20ClN3O3. The van der Waals surface area contributed by atoms with E-state index < -0.39 is 0 Å². The molecule has 2 atom stereocenters. The molecule has 1 aromatic rings. The van der Waals surface area contributed by atoms with Crippen LogP contribution < -0.4 is 5.32 Å². The number of rotatable bonds is 4. The van der Waals surface area contributed by atoms with Crippen molar-refractivity contribution in [1.29, 1.82) is 0 Å². The van der Waals surface area contributed by atoms with E-state index in [0.29, 0.717) is 10.9 Å². The molecule has 120 valence electrons. The van der Waals surface area contributed by atoms with Crippen LogP contribution in [0.2, 0.25) is 5.02 Å². The number of amides is 1. The summed E-state index contributed by atoms with van der Waals surface area (Å²) in [4.78, 5) is 24.3. The first-order chi connectivity index (χ1) is 10.6. The Morgan fingerprint density at radius 2 is 2.00 bits per heavy atom. The van der Waals surface area contributed by atoms with Gasteiger partial charge in [0, 0.05) is 12.0 Å². The van der Waals surface area contributed by atoms with Crippen LogP contribution in [0.3, 0.4) is 0 Å². The first-order valence-electron chi connectivity index (χ1n) is 7.74. The third-order valence-electron chi connectivity index (χ3n) is 4.52. The van der Waals surface area contributed by atoms with Gasteiger partial charge in [0.25, 0.3) is 5.91 Å². The summed E-state index contributed by atoms with van der Waals surface area (Å²) in [6.45, 7) is 0. The fourth-order valence-corrected chi connectivity index (χ4v) is 3.43.